The summed E-state index contributed by atoms with van der Waals surface area (Å²) in [5.74, 6) is 0.545. The van der Waals surface area contributed by atoms with E-state index in [2.05, 4.69) is 20.8 Å². The molecular formula is C25H47NO3. The van der Waals surface area contributed by atoms with Gasteiger partial charge in [0.15, 0.2) is 0 Å². The van der Waals surface area contributed by atoms with E-state index in [1.54, 1.807) is 0 Å². The minimum absolute atomic E-state index is 0.0181. The summed E-state index contributed by atoms with van der Waals surface area (Å²) < 4.78 is 5.49. The number of likely N-dealkylation sites (tertiary alicyclic amines) is 1. The molecule has 1 aliphatic heterocycles. The van der Waals surface area contributed by atoms with Crippen LogP contribution in [0.15, 0.2) is 0 Å². The third-order valence-corrected chi connectivity index (χ3v) is 6.01. The smallest absolute Gasteiger partial charge is 0.309 e. The highest BCUT2D eigenvalue weighted by molar-refractivity contribution is 5.77. The molecule has 1 rings (SSSR count). The largest absolute Gasteiger partial charge is 0.465 e. The fourth-order valence-electron chi connectivity index (χ4n) is 4.08. The number of hydrogen-bond donors (Lipinski definition) is 0. The van der Waals surface area contributed by atoms with Crippen molar-refractivity contribution in [3.05, 3.63) is 0 Å². The van der Waals surface area contributed by atoms with Gasteiger partial charge in [-0.25, -0.2) is 0 Å². The van der Waals surface area contributed by atoms with Gasteiger partial charge >= 0.3 is 5.97 Å². The Morgan fingerprint density at radius 3 is 1.79 bits per heavy atom. The molecule has 0 N–H and O–H groups in total. The Hall–Kier alpha value is -1.06. The van der Waals surface area contributed by atoms with Crippen molar-refractivity contribution in [1.82, 2.24) is 4.90 Å². The van der Waals surface area contributed by atoms with Crippen LogP contribution in [-0.4, -0.2) is 36.5 Å². The van der Waals surface area contributed by atoms with E-state index in [1.807, 2.05) is 4.90 Å². The maximum atomic E-state index is 12.2. The summed E-state index contributed by atoms with van der Waals surface area (Å²) in [4.78, 5) is 26.2. The fourth-order valence-corrected chi connectivity index (χ4v) is 4.08. The lowest BCUT2D eigenvalue weighted by molar-refractivity contribution is -0.152. The zero-order valence-corrected chi connectivity index (χ0v) is 19.6. The number of amides is 1. The van der Waals surface area contributed by atoms with Crippen LogP contribution in [0.5, 0.6) is 0 Å². The first-order valence-electron chi connectivity index (χ1n) is 12.5. The Kier molecular flexibility index (Phi) is 15.0. The number of ether oxygens (including phenoxy) is 1. The number of esters is 1. The predicted octanol–water partition coefficient (Wildman–Crippen LogP) is 6.52. The average molecular weight is 410 g/mol. The van der Waals surface area contributed by atoms with E-state index in [4.69, 9.17) is 4.74 Å². The highest BCUT2D eigenvalue weighted by Crippen LogP contribution is 2.20. The molecule has 0 spiro atoms. The number of carbonyl (C=O) groups excluding carboxylic acids is 2. The molecule has 0 aromatic carbocycles. The average Bonchev–Trinajstić information content (AvgIpc) is 2.71. The normalized spacial score (nSPS) is 15.1. The first-order chi connectivity index (χ1) is 14.0. The molecule has 1 fully saturated rings. The standard InChI is InChI=1S/C25H47NO3/c1-4-5-6-7-8-9-10-11-12-13-14-15-20-29-25(28)23-16-18-26(19-17-23)24(27)21-22(2)3/h22-23H,4-21H2,1-3H3. The van der Waals surface area contributed by atoms with Gasteiger partial charge in [-0.15, -0.1) is 0 Å². The van der Waals surface area contributed by atoms with Crippen molar-refractivity contribution < 1.29 is 14.3 Å². The molecule has 170 valence electrons. The Labute approximate surface area is 180 Å². The van der Waals surface area contributed by atoms with E-state index in [1.165, 1.54) is 64.2 Å². The second kappa shape index (κ2) is 16.7. The lowest BCUT2D eigenvalue weighted by Crippen LogP contribution is -2.41. The van der Waals surface area contributed by atoms with Crippen molar-refractivity contribution in [1.29, 1.82) is 0 Å². The quantitative estimate of drug-likeness (QED) is 0.215. The minimum atomic E-state index is -0.0518. The number of nitrogens with zero attached hydrogens (tertiary/aromatic N) is 1. The zero-order valence-electron chi connectivity index (χ0n) is 19.6. The van der Waals surface area contributed by atoms with E-state index in [-0.39, 0.29) is 17.8 Å². The van der Waals surface area contributed by atoms with Crippen LogP contribution in [0.3, 0.4) is 0 Å². The topological polar surface area (TPSA) is 46.6 Å². The van der Waals surface area contributed by atoms with Crippen LogP contribution in [0.2, 0.25) is 0 Å². The van der Waals surface area contributed by atoms with Gasteiger partial charge in [0.05, 0.1) is 12.5 Å². The van der Waals surface area contributed by atoms with Crippen LogP contribution in [0.25, 0.3) is 0 Å². The fraction of sp³-hybridized carbons (Fsp3) is 0.920. The molecule has 0 atom stereocenters. The first kappa shape index (κ1) is 26.0. The molecule has 1 aliphatic rings. The zero-order chi connectivity index (χ0) is 21.3. The van der Waals surface area contributed by atoms with Crippen LogP contribution in [0, 0.1) is 11.8 Å². The molecule has 1 saturated heterocycles. The van der Waals surface area contributed by atoms with Crippen molar-refractivity contribution in [3.63, 3.8) is 0 Å². The van der Waals surface area contributed by atoms with Gasteiger partial charge in [0.25, 0.3) is 0 Å². The molecule has 0 aliphatic carbocycles. The lowest BCUT2D eigenvalue weighted by Gasteiger charge is -2.31. The van der Waals surface area contributed by atoms with Gasteiger partial charge in [-0.1, -0.05) is 91.4 Å². The van der Waals surface area contributed by atoms with Crippen molar-refractivity contribution in [3.8, 4) is 0 Å². The van der Waals surface area contributed by atoms with Crippen LogP contribution in [0.4, 0.5) is 0 Å². The SMILES string of the molecule is CCCCCCCCCCCCCCOC(=O)C1CCN(C(=O)CC(C)C)CC1. The molecule has 1 heterocycles. The third-order valence-electron chi connectivity index (χ3n) is 6.01. The molecule has 4 heteroatoms. The summed E-state index contributed by atoms with van der Waals surface area (Å²) in [5, 5.41) is 0. The first-order valence-corrected chi connectivity index (χ1v) is 12.5. The van der Waals surface area contributed by atoms with Gasteiger partial charge in [0.1, 0.15) is 0 Å². The summed E-state index contributed by atoms with van der Waals surface area (Å²) in [6.45, 7) is 8.36. The molecule has 29 heavy (non-hydrogen) atoms. The van der Waals surface area contributed by atoms with Crippen LogP contribution < -0.4 is 0 Å². The van der Waals surface area contributed by atoms with Crippen molar-refractivity contribution in [2.75, 3.05) is 19.7 Å². The van der Waals surface area contributed by atoms with Gasteiger partial charge < -0.3 is 9.64 Å². The summed E-state index contributed by atoms with van der Waals surface area (Å²) in [5.41, 5.74) is 0. The lowest BCUT2D eigenvalue weighted by atomic mass is 9.96. The van der Waals surface area contributed by atoms with Crippen molar-refractivity contribution >= 4 is 11.9 Å². The number of rotatable bonds is 16. The van der Waals surface area contributed by atoms with E-state index >= 15 is 0 Å². The maximum Gasteiger partial charge on any atom is 0.309 e. The van der Waals surface area contributed by atoms with E-state index < -0.39 is 0 Å². The van der Waals surface area contributed by atoms with Gasteiger partial charge in [-0.2, -0.15) is 0 Å². The van der Waals surface area contributed by atoms with Crippen molar-refractivity contribution in [2.24, 2.45) is 11.8 Å². The molecule has 0 aromatic heterocycles. The van der Waals surface area contributed by atoms with E-state index in [0.717, 1.165) is 25.7 Å². The molecule has 1 amide bonds. The van der Waals surface area contributed by atoms with Gasteiger partial charge in [-0.05, 0) is 25.2 Å². The Morgan fingerprint density at radius 1 is 0.828 bits per heavy atom. The Bertz CT molecular complexity index is 428. The molecule has 0 radical (unpaired) electrons. The summed E-state index contributed by atoms with van der Waals surface area (Å²) in [6, 6.07) is 0. The van der Waals surface area contributed by atoms with E-state index in [0.29, 0.717) is 32.0 Å². The van der Waals surface area contributed by atoms with Gasteiger partial charge in [-0.3, -0.25) is 9.59 Å². The summed E-state index contributed by atoms with van der Waals surface area (Å²) in [7, 11) is 0. The highest BCUT2D eigenvalue weighted by atomic mass is 16.5. The van der Waals surface area contributed by atoms with Crippen molar-refractivity contribution in [2.45, 2.75) is 117 Å². The Morgan fingerprint density at radius 2 is 1.31 bits per heavy atom. The molecule has 4 nitrogen and oxygen atoms in total. The molecular weight excluding hydrogens is 362 g/mol. The van der Waals surface area contributed by atoms with E-state index in [9.17, 15) is 9.59 Å². The number of carbonyl (C=O) groups is 2. The highest BCUT2D eigenvalue weighted by Gasteiger charge is 2.28. The summed E-state index contributed by atoms with van der Waals surface area (Å²) in [6.07, 6.45) is 17.9. The van der Waals surface area contributed by atoms with Crippen LogP contribution in [0.1, 0.15) is 117 Å². The third kappa shape index (κ3) is 13.0. The minimum Gasteiger partial charge on any atom is -0.465 e. The second-order valence-electron chi connectivity index (χ2n) is 9.31. The maximum absolute atomic E-state index is 12.2. The monoisotopic (exact) mass is 409 g/mol. The molecule has 0 saturated carbocycles. The van der Waals surface area contributed by atoms with Crippen LogP contribution >= 0.6 is 0 Å². The molecule has 0 bridgehead atoms. The predicted molar refractivity (Wildman–Crippen MR) is 121 cm³/mol. The number of unbranched alkanes of at least 4 members (excludes halogenated alkanes) is 11. The molecule has 0 unspecified atom stereocenters. The Balaban J connectivity index is 1.93. The summed E-state index contributed by atoms with van der Waals surface area (Å²) >= 11 is 0. The number of hydrogen-bond acceptors (Lipinski definition) is 3. The van der Waals surface area contributed by atoms with Crippen LogP contribution in [-0.2, 0) is 14.3 Å². The van der Waals surface area contributed by atoms with Gasteiger partial charge in [0, 0.05) is 19.5 Å². The van der Waals surface area contributed by atoms with Gasteiger partial charge in [0.2, 0.25) is 5.91 Å². The number of piperidine rings is 1. The second-order valence-corrected chi connectivity index (χ2v) is 9.31. The molecule has 0 aromatic rings.